The van der Waals surface area contributed by atoms with Gasteiger partial charge in [0.1, 0.15) is 12.1 Å². The zero-order valence-electron chi connectivity index (χ0n) is 15.9. The molecule has 0 aromatic rings. The average Bonchev–Trinajstić information content (AvgIpc) is 2.59. The summed E-state index contributed by atoms with van der Waals surface area (Å²) in [6.07, 6.45) is 23.5. The molecule has 0 atom stereocenters. The molecule has 0 unspecified atom stereocenters. The molecule has 0 radical (unpaired) electrons. The van der Waals surface area contributed by atoms with E-state index in [9.17, 15) is 9.59 Å². The van der Waals surface area contributed by atoms with Crippen molar-refractivity contribution in [3.8, 4) is 0 Å². The highest BCUT2D eigenvalue weighted by Gasteiger charge is 2.02. The fraction of sp³-hybridized carbons (Fsp3) is 0.818. The SMILES string of the molecule is C=CCCCCCCCCC(=O)CCCCCCCCCCC=O. The molecule has 0 aromatic heterocycles. The van der Waals surface area contributed by atoms with Gasteiger partial charge in [0.05, 0.1) is 0 Å². The number of carbonyl (C=O) groups excluding carboxylic acids is 2. The number of carbonyl (C=O) groups is 2. The van der Waals surface area contributed by atoms with E-state index < -0.39 is 0 Å². The maximum atomic E-state index is 11.8. The second-order valence-electron chi connectivity index (χ2n) is 7.02. The van der Waals surface area contributed by atoms with Crippen molar-refractivity contribution in [1.29, 1.82) is 0 Å². The fourth-order valence-corrected chi connectivity index (χ4v) is 3.05. The molecule has 0 fully saturated rings. The van der Waals surface area contributed by atoms with E-state index in [1.54, 1.807) is 0 Å². The Morgan fingerprint density at radius 2 is 0.958 bits per heavy atom. The highest BCUT2D eigenvalue weighted by molar-refractivity contribution is 5.78. The van der Waals surface area contributed by atoms with Crippen LogP contribution < -0.4 is 0 Å². The van der Waals surface area contributed by atoms with Crippen LogP contribution in [0.2, 0.25) is 0 Å². The summed E-state index contributed by atoms with van der Waals surface area (Å²) in [5, 5.41) is 0. The number of unbranched alkanes of at least 4 members (excludes halogenated alkanes) is 14. The minimum atomic E-state index is 0.468. The Bertz CT molecular complexity index is 296. The van der Waals surface area contributed by atoms with Crippen LogP contribution in [0.3, 0.4) is 0 Å². The summed E-state index contributed by atoms with van der Waals surface area (Å²) >= 11 is 0. The summed E-state index contributed by atoms with van der Waals surface area (Å²) in [5.74, 6) is 0.468. The van der Waals surface area contributed by atoms with Crippen LogP contribution in [0.4, 0.5) is 0 Å². The topological polar surface area (TPSA) is 34.1 Å². The third-order valence-corrected chi connectivity index (χ3v) is 4.64. The molecule has 0 bridgehead atoms. The summed E-state index contributed by atoms with van der Waals surface area (Å²) in [7, 11) is 0. The molecule has 24 heavy (non-hydrogen) atoms. The van der Waals surface area contributed by atoms with Gasteiger partial charge in [0, 0.05) is 19.3 Å². The predicted molar refractivity (Wildman–Crippen MR) is 104 cm³/mol. The van der Waals surface area contributed by atoms with Gasteiger partial charge >= 0.3 is 0 Å². The van der Waals surface area contributed by atoms with Crippen LogP contribution in [-0.4, -0.2) is 12.1 Å². The first kappa shape index (κ1) is 23.1. The molecule has 0 N–H and O–H groups in total. The molecule has 2 nitrogen and oxygen atoms in total. The van der Waals surface area contributed by atoms with Crippen LogP contribution in [0, 0.1) is 0 Å². The van der Waals surface area contributed by atoms with Gasteiger partial charge in [-0.1, -0.05) is 70.3 Å². The molecule has 0 rings (SSSR count). The van der Waals surface area contributed by atoms with Crippen molar-refractivity contribution in [3.05, 3.63) is 12.7 Å². The summed E-state index contributed by atoms with van der Waals surface area (Å²) < 4.78 is 0. The molecular weight excluding hydrogens is 296 g/mol. The van der Waals surface area contributed by atoms with Crippen molar-refractivity contribution in [1.82, 2.24) is 0 Å². The molecule has 0 aliphatic heterocycles. The molecule has 0 saturated heterocycles. The summed E-state index contributed by atoms with van der Waals surface area (Å²) in [5.41, 5.74) is 0. The van der Waals surface area contributed by atoms with Crippen molar-refractivity contribution >= 4 is 12.1 Å². The monoisotopic (exact) mass is 336 g/mol. The van der Waals surface area contributed by atoms with Gasteiger partial charge in [-0.2, -0.15) is 0 Å². The Balaban J connectivity index is 3.15. The first-order chi connectivity index (χ1) is 11.8. The average molecular weight is 337 g/mol. The molecule has 0 heterocycles. The van der Waals surface area contributed by atoms with Crippen molar-refractivity contribution in [3.63, 3.8) is 0 Å². The van der Waals surface area contributed by atoms with Crippen LogP contribution >= 0.6 is 0 Å². The number of hydrogen-bond acceptors (Lipinski definition) is 2. The third-order valence-electron chi connectivity index (χ3n) is 4.64. The van der Waals surface area contributed by atoms with Gasteiger partial charge in [-0.25, -0.2) is 0 Å². The maximum absolute atomic E-state index is 11.8. The Kier molecular flexibility index (Phi) is 19.4. The first-order valence-electron chi connectivity index (χ1n) is 10.4. The standard InChI is InChI=1S/C22H40O2/c1-2-3-4-5-6-10-13-16-19-22(24)20-17-14-11-8-7-9-12-15-18-21-23/h2,21H,1,3-20H2. The molecule has 140 valence electrons. The van der Waals surface area contributed by atoms with Crippen molar-refractivity contribution in [2.24, 2.45) is 0 Å². The van der Waals surface area contributed by atoms with E-state index in [4.69, 9.17) is 0 Å². The smallest absolute Gasteiger partial charge is 0.132 e. The van der Waals surface area contributed by atoms with Crippen LogP contribution in [0.15, 0.2) is 12.7 Å². The van der Waals surface area contributed by atoms with Gasteiger partial charge in [-0.15, -0.1) is 6.58 Å². The lowest BCUT2D eigenvalue weighted by Gasteiger charge is -2.03. The second kappa shape index (κ2) is 20.1. The number of Topliss-reactive ketones (excluding diaryl/α,β-unsaturated/α-hetero) is 1. The fourth-order valence-electron chi connectivity index (χ4n) is 3.05. The Morgan fingerprint density at radius 1 is 0.583 bits per heavy atom. The zero-order valence-corrected chi connectivity index (χ0v) is 15.9. The van der Waals surface area contributed by atoms with Gasteiger partial charge in [-0.05, 0) is 32.1 Å². The van der Waals surface area contributed by atoms with Crippen molar-refractivity contribution in [2.45, 2.75) is 116 Å². The van der Waals surface area contributed by atoms with E-state index in [1.807, 2.05) is 6.08 Å². The highest BCUT2D eigenvalue weighted by atomic mass is 16.1. The van der Waals surface area contributed by atoms with Crippen molar-refractivity contribution in [2.75, 3.05) is 0 Å². The van der Waals surface area contributed by atoms with Gasteiger partial charge in [0.15, 0.2) is 0 Å². The number of ketones is 1. The second-order valence-corrected chi connectivity index (χ2v) is 7.02. The van der Waals surface area contributed by atoms with Gasteiger partial charge < -0.3 is 4.79 Å². The van der Waals surface area contributed by atoms with E-state index in [1.165, 1.54) is 70.6 Å². The number of aldehydes is 1. The Labute approximate surface area is 150 Å². The lowest BCUT2D eigenvalue weighted by Crippen LogP contribution is -1.97. The van der Waals surface area contributed by atoms with Crippen LogP contribution in [0.5, 0.6) is 0 Å². The molecular formula is C22H40O2. The molecule has 0 spiro atoms. The zero-order chi connectivity index (χ0) is 17.7. The van der Waals surface area contributed by atoms with E-state index >= 15 is 0 Å². The lowest BCUT2D eigenvalue weighted by molar-refractivity contribution is -0.119. The molecule has 0 aliphatic rings. The highest BCUT2D eigenvalue weighted by Crippen LogP contribution is 2.13. The Morgan fingerprint density at radius 3 is 1.38 bits per heavy atom. The number of allylic oxidation sites excluding steroid dienone is 1. The summed E-state index contributed by atoms with van der Waals surface area (Å²) in [6, 6.07) is 0. The minimum absolute atomic E-state index is 0.468. The van der Waals surface area contributed by atoms with Gasteiger partial charge in [0.2, 0.25) is 0 Å². The molecule has 2 heteroatoms. The van der Waals surface area contributed by atoms with Crippen LogP contribution in [0.25, 0.3) is 0 Å². The minimum Gasteiger partial charge on any atom is -0.303 e. The van der Waals surface area contributed by atoms with Crippen molar-refractivity contribution < 1.29 is 9.59 Å². The first-order valence-corrected chi connectivity index (χ1v) is 10.4. The van der Waals surface area contributed by atoms with E-state index in [0.717, 1.165) is 51.2 Å². The predicted octanol–water partition coefficient (Wildman–Crippen LogP) is 6.96. The van der Waals surface area contributed by atoms with E-state index in [2.05, 4.69) is 6.58 Å². The number of hydrogen-bond donors (Lipinski definition) is 0. The molecule has 0 amide bonds. The molecule has 0 saturated carbocycles. The lowest BCUT2D eigenvalue weighted by atomic mass is 10.0. The van der Waals surface area contributed by atoms with Gasteiger partial charge in [-0.3, -0.25) is 4.79 Å². The largest absolute Gasteiger partial charge is 0.303 e. The van der Waals surface area contributed by atoms with Crippen LogP contribution in [0.1, 0.15) is 116 Å². The van der Waals surface area contributed by atoms with Crippen LogP contribution in [-0.2, 0) is 9.59 Å². The van der Waals surface area contributed by atoms with E-state index in [0.29, 0.717) is 5.78 Å². The third kappa shape index (κ3) is 19.1. The normalized spacial score (nSPS) is 10.7. The molecule has 0 aliphatic carbocycles. The quantitative estimate of drug-likeness (QED) is 0.137. The summed E-state index contributed by atoms with van der Waals surface area (Å²) in [4.78, 5) is 22.0. The number of rotatable bonds is 20. The molecule has 0 aromatic carbocycles. The Hall–Kier alpha value is -0.920. The summed E-state index contributed by atoms with van der Waals surface area (Å²) in [6.45, 7) is 3.74. The maximum Gasteiger partial charge on any atom is 0.132 e. The van der Waals surface area contributed by atoms with Gasteiger partial charge in [0.25, 0.3) is 0 Å². The van der Waals surface area contributed by atoms with E-state index in [-0.39, 0.29) is 0 Å².